The van der Waals surface area contributed by atoms with Crippen molar-refractivity contribution >= 4 is 17.4 Å². The monoisotopic (exact) mass is 384 g/mol. The number of hydrogen-bond acceptors (Lipinski definition) is 6. The van der Waals surface area contributed by atoms with E-state index in [9.17, 15) is 4.79 Å². The molecule has 8 heteroatoms. The van der Waals surface area contributed by atoms with Crippen molar-refractivity contribution in [3.8, 4) is 0 Å². The fourth-order valence-electron chi connectivity index (χ4n) is 2.58. The van der Waals surface area contributed by atoms with Gasteiger partial charge in [-0.05, 0) is 23.8 Å². The van der Waals surface area contributed by atoms with Crippen LogP contribution in [0.3, 0.4) is 0 Å². The molecule has 2 N–H and O–H groups in total. The summed E-state index contributed by atoms with van der Waals surface area (Å²) >= 11 is 6.15. The van der Waals surface area contributed by atoms with Gasteiger partial charge < -0.3 is 10.6 Å². The lowest BCUT2D eigenvalue weighted by molar-refractivity contribution is 0.583. The van der Waals surface area contributed by atoms with Crippen molar-refractivity contribution in [3.63, 3.8) is 0 Å². The van der Waals surface area contributed by atoms with Gasteiger partial charge in [0.05, 0.1) is 6.20 Å². The predicted octanol–water partition coefficient (Wildman–Crippen LogP) is 2.13. The van der Waals surface area contributed by atoms with E-state index in [2.05, 4.69) is 25.6 Å². The molecule has 0 amide bonds. The van der Waals surface area contributed by atoms with Crippen LogP contribution in [0, 0.1) is 0 Å². The Bertz CT molecular complexity index is 901. The summed E-state index contributed by atoms with van der Waals surface area (Å²) < 4.78 is 1.51. The molecule has 0 saturated carbocycles. The van der Waals surface area contributed by atoms with Gasteiger partial charge in [-0.2, -0.15) is 0 Å². The molecule has 0 saturated heterocycles. The minimum absolute atomic E-state index is 0.230. The lowest BCUT2D eigenvalue weighted by Gasteiger charge is -2.12. The van der Waals surface area contributed by atoms with Crippen LogP contribution in [-0.4, -0.2) is 32.6 Å². The summed E-state index contributed by atoms with van der Waals surface area (Å²) in [6.45, 7) is 2.31. The first-order valence-electron chi connectivity index (χ1n) is 8.73. The molecule has 0 aliphatic heterocycles. The molecule has 27 heavy (non-hydrogen) atoms. The molecule has 0 atom stereocenters. The van der Waals surface area contributed by atoms with Crippen molar-refractivity contribution in [3.05, 3.63) is 81.9 Å². The molecular formula is C19H21ClN6O. The zero-order valence-corrected chi connectivity index (χ0v) is 15.6. The lowest BCUT2D eigenvalue weighted by Crippen LogP contribution is -2.30. The van der Waals surface area contributed by atoms with Crippen LogP contribution in [0.5, 0.6) is 0 Å². The van der Waals surface area contributed by atoms with Gasteiger partial charge in [-0.25, -0.2) is 4.98 Å². The first-order chi connectivity index (χ1) is 13.2. The Morgan fingerprint density at radius 2 is 1.96 bits per heavy atom. The second-order valence-corrected chi connectivity index (χ2v) is 6.31. The van der Waals surface area contributed by atoms with E-state index in [1.54, 1.807) is 12.4 Å². The molecule has 0 spiro atoms. The van der Waals surface area contributed by atoms with E-state index in [1.165, 1.54) is 10.8 Å². The third-order valence-corrected chi connectivity index (χ3v) is 4.27. The number of rotatable bonds is 9. The van der Waals surface area contributed by atoms with Gasteiger partial charge in [0.25, 0.3) is 5.56 Å². The minimum Gasteiger partial charge on any atom is -0.365 e. The smallest absolute Gasteiger partial charge is 0.294 e. The standard InChI is InChI=1S/C19H21ClN6O/c20-17-14-25-18(24-9-6-16-5-1-2-8-23-16)19(27)26(17)11-10-22-13-15-4-3-7-21-12-15/h1-5,7-8,12,14,22H,6,9-11,13H2,(H,24,25). The summed E-state index contributed by atoms with van der Waals surface area (Å²) in [5.74, 6) is 0.294. The lowest BCUT2D eigenvalue weighted by atomic mass is 10.3. The van der Waals surface area contributed by atoms with Gasteiger partial charge in [0.15, 0.2) is 5.82 Å². The number of aromatic nitrogens is 4. The average molecular weight is 385 g/mol. The maximum absolute atomic E-state index is 12.6. The first-order valence-corrected chi connectivity index (χ1v) is 9.10. The molecule has 140 valence electrons. The van der Waals surface area contributed by atoms with Crippen LogP contribution in [0.2, 0.25) is 5.15 Å². The Hall–Kier alpha value is -2.77. The highest BCUT2D eigenvalue weighted by Crippen LogP contribution is 2.06. The molecule has 0 aromatic carbocycles. The van der Waals surface area contributed by atoms with E-state index in [0.717, 1.165) is 11.3 Å². The summed E-state index contributed by atoms with van der Waals surface area (Å²) in [5, 5.41) is 6.67. The summed E-state index contributed by atoms with van der Waals surface area (Å²) in [6.07, 6.45) is 7.50. The molecular weight excluding hydrogens is 364 g/mol. The SMILES string of the molecule is O=c1c(NCCc2ccccn2)ncc(Cl)n1CCNCc1cccnc1. The largest absolute Gasteiger partial charge is 0.365 e. The molecule has 0 unspecified atom stereocenters. The van der Waals surface area contributed by atoms with Gasteiger partial charge in [0.2, 0.25) is 0 Å². The van der Waals surface area contributed by atoms with Crippen LogP contribution in [-0.2, 0) is 19.5 Å². The quantitative estimate of drug-likeness (QED) is 0.550. The molecule has 0 radical (unpaired) electrons. The molecule has 0 bridgehead atoms. The average Bonchev–Trinajstić information content (AvgIpc) is 2.70. The first kappa shape index (κ1) is 19.0. The number of nitrogens with zero attached hydrogens (tertiary/aromatic N) is 4. The third-order valence-electron chi connectivity index (χ3n) is 3.97. The van der Waals surface area contributed by atoms with Crippen molar-refractivity contribution < 1.29 is 0 Å². The molecule has 3 aromatic rings. The molecule has 3 aromatic heterocycles. The van der Waals surface area contributed by atoms with Crippen LogP contribution in [0.1, 0.15) is 11.3 Å². The van der Waals surface area contributed by atoms with E-state index < -0.39 is 0 Å². The van der Waals surface area contributed by atoms with Crippen molar-refractivity contribution in [1.82, 2.24) is 24.8 Å². The van der Waals surface area contributed by atoms with Gasteiger partial charge in [-0.1, -0.05) is 23.7 Å². The fraction of sp³-hybridized carbons (Fsp3) is 0.263. The fourth-order valence-corrected chi connectivity index (χ4v) is 2.79. The topological polar surface area (TPSA) is 84.7 Å². The van der Waals surface area contributed by atoms with Crippen molar-refractivity contribution in [2.45, 2.75) is 19.5 Å². The van der Waals surface area contributed by atoms with E-state index in [4.69, 9.17) is 11.6 Å². The van der Waals surface area contributed by atoms with Gasteiger partial charge in [0, 0.05) is 56.9 Å². The Morgan fingerprint density at radius 3 is 2.74 bits per heavy atom. The summed E-state index contributed by atoms with van der Waals surface area (Å²) in [4.78, 5) is 25.1. The molecule has 0 aliphatic carbocycles. The maximum Gasteiger partial charge on any atom is 0.294 e. The highest BCUT2D eigenvalue weighted by atomic mass is 35.5. The number of halogens is 1. The van der Waals surface area contributed by atoms with Gasteiger partial charge in [0.1, 0.15) is 5.15 Å². The number of nitrogens with one attached hydrogen (secondary N) is 2. The van der Waals surface area contributed by atoms with E-state index in [0.29, 0.717) is 43.6 Å². The van der Waals surface area contributed by atoms with Gasteiger partial charge in [-0.3, -0.25) is 19.3 Å². The summed E-state index contributed by atoms with van der Waals surface area (Å²) in [6, 6.07) is 9.65. The van der Waals surface area contributed by atoms with Crippen molar-refractivity contribution in [2.75, 3.05) is 18.4 Å². The van der Waals surface area contributed by atoms with Crippen LogP contribution in [0.4, 0.5) is 5.82 Å². The number of hydrogen-bond donors (Lipinski definition) is 2. The maximum atomic E-state index is 12.6. The Balaban J connectivity index is 1.54. The van der Waals surface area contributed by atoms with Crippen LogP contribution in [0.15, 0.2) is 59.9 Å². The van der Waals surface area contributed by atoms with Crippen molar-refractivity contribution in [1.29, 1.82) is 0 Å². The van der Waals surface area contributed by atoms with Crippen LogP contribution >= 0.6 is 11.6 Å². The summed E-state index contributed by atoms with van der Waals surface area (Å²) in [7, 11) is 0. The second-order valence-electron chi connectivity index (χ2n) is 5.92. The number of anilines is 1. The van der Waals surface area contributed by atoms with Crippen molar-refractivity contribution in [2.24, 2.45) is 0 Å². The Kier molecular flexibility index (Phi) is 6.90. The van der Waals surface area contributed by atoms with E-state index in [-0.39, 0.29) is 5.56 Å². The van der Waals surface area contributed by atoms with Gasteiger partial charge >= 0.3 is 0 Å². The Labute approximate surface area is 162 Å². The van der Waals surface area contributed by atoms with Crippen LogP contribution in [0.25, 0.3) is 0 Å². The number of pyridine rings is 2. The van der Waals surface area contributed by atoms with E-state index in [1.807, 2.05) is 36.5 Å². The van der Waals surface area contributed by atoms with E-state index >= 15 is 0 Å². The predicted molar refractivity (Wildman–Crippen MR) is 106 cm³/mol. The minimum atomic E-state index is -0.230. The highest BCUT2D eigenvalue weighted by Gasteiger charge is 2.08. The zero-order valence-electron chi connectivity index (χ0n) is 14.8. The van der Waals surface area contributed by atoms with Crippen LogP contribution < -0.4 is 16.2 Å². The summed E-state index contributed by atoms with van der Waals surface area (Å²) in [5.41, 5.74) is 1.81. The second kappa shape index (κ2) is 9.80. The zero-order chi connectivity index (χ0) is 18.9. The molecule has 0 fully saturated rings. The molecule has 3 rings (SSSR count). The normalized spacial score (nSPS) is 10.7. The molecule has 0 aliphatic rings. The molecule has 3 heterocycles. The third kappa shape index (κ3) is 5.60. The van der Waals surface area contributed by atoms with Gasteiger partial charge in [-0.15, -0.1) is 0 Å². The highest BCUT2D eigenvalue weighted by molar-refractivity contribution is 6.29. The molecule has 7 nitrogen and oxygen atoms in total. The Morgan fingerprint density at radius 1 is 1.04 bits per heavy atom.